The van der Waals surface area contributed by atoms with Crippen LogP contribution in [0.5, 0.6) is 0 Å². The van der Waals surface area contributed by atoms with Gasteiger partial charge in [-0.2, -0.15) is 5.10 Å². The Bertz CT molecular complexity index is 657. The van der Waals surface area contributed by atoms with Gasteiger partial charge in [-0.3, -0.25) is 9.48 Å². The number of carbonyl (C=O) groups is 1. The zero-order valence-electron chi connectivity index (χ0n) is 13.3. The average molecular weight is 297 g/mol. The Kier molecular flexibility index (Phi) is 4.27. The van der Waals surface area contributed by atoms with Crippen molar-refractivity contribution in [3.63, 3.8) is 0 Å². The Balaban J connectivity index is 1.54. The molecule has 1 aromatic heterocycles. The van der Waals surface area contributed by atoms with Crippen molar-refractivity contribution in [2.24, 2.45) is 5.92 Å². The Morgan fingerprint density at radius 2 is 2.14 bits per heavy atom. The van der Waals surface area contributed by atoms with Crippen LogP contribution >= 0.6 is 0 Å². The summed E-state index contributed by atoms with van der Waals surface area (Å²) in [4.78, 5) is 12.1. The molecule has 1 amide bonds. The molecule has 0 spiro atoms. The third-order valence-corrected chi connectivity index (χ3v) is 4.28. The first-order valence-electron chi connectivity index (χ1n) is 7.97. The van der Waals surface area contributed by atoms with Crippen LogP contribution in [0.25, 0.3) is 0 Å². The molecule has 1 N–H and O–H groups in total. The number of amides is 1. The monoisotopic (exact) mass is 297 g/mol. The molecule has 1 aliphatic carbocycles. The highest BCUT2D eigenvalue weighted by molar-refractivity contribution is 5.75. The Morgan fingerprint density at radius 3 is 2.91 bits per heavy atom. The number of aryl methyl sites for hydroxylation is 2. The van der Waals surface area contributed by atoms with Gasteiger partial charge in [0.05, 0.1) is 5.69 Å². The number of benzene rings is 1. The number of nitrogens with zero attached hydrogens (tertiary/aromatic N) is 2. The molecule has 0 aliphatic heterocycles. The van der Waals surface area contributed by atoms with E-state index in [4.69, 9.17) is 0 Å². The lowest BCUT2D eigenvalue weighted by atomic mass is 9.89. The van der Waals surface area contributed by atoms with Gasteiger partial charge in [0.1, 0.15) is 6.54 Å². The fourth-order valence-electron chi connectivity index (χ4n) is 2.93. The van der Waals surface area contributed by atoms with Gasteiger partial charge in [-0.1, -0.05) is 36.8 Å². The molecule has 22 heavy (non-hydrogen) atoms. The van der Waals surface area contributed by atoms with E-state index in [1.54, 1.807) is 4.68 Å². The smallest absolute Gasteiger partial charge is 0.241 e. The minimum atomic E-state index is 0.00784. The lowest BCUT2D eigenvalue weighted by Crippen LogP contribution is -2.27. The molecule has 4 nitrogen and oxygen atoms in total. The van der Waals surface area contributed by atoms with Gasteiger partial charge in [0, 0.05) is 12.7 Å². The summed E-state index contributed by atoms with van der Waals surface area (Å²) >= 11 is 0. The van der Waals surface area contributed by atoms with E-state index in [9.17, 15) is 4.79 Å². The van der Waals surface area contributed by atoms with Crippen molar-refractivity contribution < 1.29 is 4.79 Å². The summed E-state index contributed by atoms with van der Waals surface area (Å²) in [5, 5.41) is 7.50. The van der Waals surface area contributed by atoms with Crippen LogP contribution in [0, 0.1) is 12.8 Å². The number of hydrogen-bond donors (Lipinski definition) is 1. The second-order valence-electron chi connectivity index (χ2n) is 6.41. The molecule has 1 heterocycles. The number of rotatable bonds is 4. The molecular formula is C18H23N3O. The zero-order valence-corrected chi connectivity index (χ0v) is 13.3. The first-order chi connectivity index (χ1) is 10.6. The lowest BCUT2D eigenvalue weighted by molar-refractivity contribution is -0.122. The maximum Gasteiger partial charge on any atom is 0.241 e. The van der Waals surface area contributed by atoms with E-state index in [1.165, 1.54) is 23.2 Å². The molecule has 0 saturated heterocycles. The summed E-state index contributed by atoms with van der Waals surface area (Å²) in [7, 11) is 0. The second kappa shape index (κ2) is 6.34. The molecule has 3 rings (SSSR count). The lowest BCUT2D eigenvalue weighted by Gasteiger charge is -2.15. The van der Waals surface area contributed by atoms with Crippen LogP contribution in [-0.2, 0) is 30.7 Å². The number of hydrogen-bond acceptors (Lipinski definition) is 2. The largest absolute Gasteiger partial charge is 0.350 e. The highest BCUT2D eigenvalue weighted by Gasteiger charge is 2.19. The van der Waals surface area contributed by atoms with Gasteiger partial charge in [0.15, 0.2) is 0 Å². The summed E-state index contributed by atoms with van der Waals surface area (Å²) in [5.74, 6) is 0.731. The number of nitrogens with one attached hydrogen (secondary N) is 1. The average Bonchev–Trinajstić information content (AvgIpc) is 2.88. The molecule has 0 unspecified atom stereocenters. The predicted molar refractivity (Wildman–Crippen MR) is 86.4 cm³/mol. The van der Waals surface area contributed by atoms with Crippen LogP contribution in [0.4, 0.5) is 0 Å². The third-order valence-electron chi connectivity index (χ3n) is 4.28. The quantitative estimate of drug-likeness (QED) is 0.943. The summed E-state index contributed by atoms with van der Waals surface area (Å²) in [6, 6.07) is 8.21. The topological polar surface area (TPSA) is 46.9 Å². The summed E-state index contributed by atoms with van der Waals surface area (Å²) in [6.45, 7) is 5.20. The van der Waals surface area contributed by atoms with Gasteiger partial charge in [-0.05, 0) is 43.2 Å². The van der Waals surface area contributed by atoms with Crippen LogP contribution in [-0.4, -0.2) is 15.7 Å². The Morgan fingerprint density at radius 1 is 1.36 bits per heavy atom. The van der Waals surface area contributed by atoms with Gasteiger partial charge in [-0.25, -0.2) is 0 Å². The molecule has 2 aromatic rings. The maximum absolute atomic E-state index is 12.1. The molecule has 1 atom stereocenters. The fraction of sp³-hybridized carbons (Fsp3) is 0.444. The molecule has 116 valence electrons. The van der Waals surface area contributed by atoms with E-state index >= 15 is 0 Å². The molecule has 1 aliphatic rings. The zero-order chi connectivity index (χ0) is 15.5. The normalized spacial score (nSPS) is 17.1. The summed E-state index contributed by atoms with van der Waals surface area (Å²) < 4.78 is 1.78. The summed E-state index contributed by atoms with van der Waals surface area (Å²) in [6.07, 6.45) is 5.36. The molecular weight excluding hydrogens is 274 g/mol. The molecule has 0 radical (unpaired) electrons. The van der Waals surface area contributed by atoms with Crippen LogP contribution in [0.15, 0.2) is 30.5 Å². The highest BCUT2D eigenvalue weighted by Crippen LogP contribution is 2.23. The second-order valence-corrected chi connectivity index (χ2v) is 6.41. The molecule has 0 fully saturated rings. The van der Waals surface area contributed by atoms with Gasteiger partial charge < -0.3 is 5.32 Å². The van der Waals surface area contributed by atoms with Crippen molar-refractivity contribution in [3.8, 4) is 0 Å². The molecule has 0 bridgehead atoms. The van der Waals surface area contributed by atoms with Crippen LogP contribution < -0.4 is 5.32 Å². The van der Waals surface area contributed by atoms with Crippen LogP contribution in [0.1, 0.15) is 35.7 Å². The van der Waals surface area contributed by atoms with E-state index in [0.717, 1.165) is 24.3 Å². The van der Waals surface area contributed by atoms with E-state index in [1.807, 2.05) is 18.3 Å². The van der Waals surface area contributed by atoms with Gasteiger partial charge in [0.2, 0.25) is 5.91 Å². The first-order valence-corrected chi connectivity index (χ1v) is 7.97. The molecule has 4 heteroatoms. The number of aromatic nitrogens is 2. The van der Waals surface area contributed by atoms with Crippen molar-refractivity contribution >= 4 is 5.91 Å². The maximum atomic E-state index is 12.1. The fourth-order valence-corrected chi connectivity index (χ4v) is 2.93. The van der Waals surface area contributed by atoms with Crippen LogP contribution in [0.2, 0.25) is 0 Å². The minimum Gasteiger partial charge on any atom is -0.350 e. The van der Waals surface area contributed by atoms with E-state index < -0.39 is 0 Å². The van der Waals surface area contributed by atoms with Gasteiger partial charge in [0.25, 0.3) is 0 Å². The minimum absolute atomic E-state index is 0.00784. The third kappa shape index (κ3) is 3.56. The van der Waals surface area contributed by atoms with E-state index in [0.29, 0.717) is 13.1 Å². The highest BCUT2D eigenvalue weighted by atomic mass is 16.2. The molecule has 0 saturated carbocycles. The Labute approximate surface area is 131 Å². The van der Waals surface area contributed by atoms with Crippen molar-refractivity contribution in [1.29, 1.82) is 0 Å². The van der Waals surface area contributed by atoms with Crippen molar-refractivity contribution in [2.45, 2.75) is 46.2 Å². The van der Waals surface area contributed by atoms with E-state index in [-0.39, 0.29) is 5.91 Å². The van der Waals surface area contributed by atoms with Crippen molar-refractivity contribution in [2.75, 3.05) is 0 Å². The van der Waals surface area contributed by atoms with Gasteiger partial charge >= 0.3 is 0 Å². The van der Waals surface area contributed by atoms with Crippen LogP contribution in [0.3, 0.4) is 0 Å². The Hall–Kier alpha value is -2.10. The number of fused-ring (bicyclic) bond motifs is 1. The van der Waals surface area contributed by atoms with Crippen molar-refractivity contribution in [3.05, 3.63) is 52.8 Å². The summed E-state index contributed by atoms with van der Waals surface area (Å²) in [5.41, 5.74) is 4.83. The predicted octanol–water partition coefficient (Wildman–Crippen LogP) is 2.63. The van der Waals surface area contributed by atoms with Gasteiger partial charge in [-0.15, -0.1) is 0 Å². The standard InChI is InChI=1S/C18H23N3O/c1-13-3-6-15(7-4-13)10-19-18(22)12-21-11-16-9-14(2)5-8-17(16)20-21/h3-4,6-7,11,14H,5,8-10,12H2,1-2H3,(H,19,22)/t14-/m0/s1. The number of carbonyl (C=O) groups excluding carboxylic acids is 1. The molecule has 1 aromatic carbocycles. The van der Waals surface area contributed by atoms with E-state index in [2.05, 4.69) is 36.4 Å². The SMILES string of the molecule is Cc1ccc(CNC(=O)Cn2cc3c(n2)CC[C@H](C)C3)cc1. The van der Waals surface area contributed by atoms with Crippen molar-refractivity contribution in [1.82, 2.24) is 15.1 Å². The first kappa shape index (κ1) is 14.8.